The Morgan fingerprint density at radius 2 is 1.78 bits per heavy atom. The van der Waals surface area contributed by atoms with Gasteiger partial charge in [0.05, 0.1) is 5.69 Å². The first-order valence-corrected chi connectivity index (χ1v) is 9.13. The molecule has 3 rings (SSSR count). The van der Waals surface area contributed by atoms with E-state index in [0.29, 0.717) is 11.3 Å². The minimum Gasteiger partial charge on any atom is -0.336 e. The lowest BCUT2D eigenvalue weighted by atomic mass is 9.97. The third kappa shape index (κ3) is 3.77. The van der Waals surface area contributed by atoms with Gasteiger partial charge in [0.2, 0.25) is 5.91 Å². The molecule has 1 amide bonds. The summed E-state index contributed by atoms with van der Waals surface area (Å²) < 4.78 is 14.6. The van der Waals surface area contributed by atoms with Crippen LogP contribution in [-0.4, -0.2) is 27.5 Å². The Labute approximate surface area is 157 Å². The number of nitrogens with zero attached hydrogens (tertiary/aromatic N) is 3. The molecule has 1 aliphatic heterocycles. The number of carbonyl (C=O) groups excluding carboxylic acids is 1. The molecule has 0 aliphatic carbocycles. The van der Waals surface area contributed by atoms with Gasteiger partial charge in [0.1, 0.15) is 24.0 Å². The van der Waals surface area contributed by atoms with Crippen molar-refractivity contribution < 1.29 is 9.18 Å². The number of hydrogen-bond acceptors (Lipinski definition) is 3. The predicted molar refractivity (Wildman–Crippen MR) is 100 cm³/mol. The number of amides is 1. The number of nitriles is 1. The molecule has 1 fully saturated rings. The molecule has 0 unspecified atom stereocenters. The number of likely N-dealkylation sites (tertiary alicyclic amines) is 1. The quantitative estimate of drug-likeness (QED) is 0.836. The van der Waals surface area contributed by atoms with Crippen molar-refractivity contribution in [3.8, 4) is 17.3 Å². The zero-order valence-electron chi connectivity index (χ0n) is 15.5. The first kappa shape index (κ1) is 18.8. The fraction of sp³-hybridized carbons (Fsp3) is 0.381. The Bertz CT molecular complexity index is 933. The highest BCUT2D eigenvalue weighted by molar-refractivity contribution is 5.78. The van der Waals surface area contributed by atoms with Crippen LogP contribution in [0.1, 0.15) is 38.7 Å². The van der Waals surface area contributed by atoms with E-state index in [1.54, 1.807) is 18.2 Å². The fourth-order valence-corrected chi connectivity index (χ4v) is 3.82. The van der Waals surface area contributed by atoms with Crippen LogP contribution in [-0.2, 0) is 11.3 Å². The molecule has 0 bridgehead atoms. The molecule has 0 spiro atoms. The smallest absolute Gasteiger partial charge is 0.269 e. The molecule has 0 saturated carbocycles. The fourth-order valence-electron chi connectivity index (χ4n) is 3.82. The molecule has 2 aromatic rings. The molecular formula is C21H22FN3O2. The van der Waals surface area contributed by atoms with Gasteiger partial charge in [-0.3, -0.25) is 14.2 Å². The van der Waals surface area contributed by atoms with Gasteiger partial charge in [0, 0.05) is 12.1 Å². The van der Waals surface area contributed by atoms with E-state index in [2.05, 4.69) is 0 Å². The second-order valence-electron chi connectivity index (χ2n) is 7.07. The van der Waals surface area contributed by atoms with Crippen molar-refractivity contribution >= 4 is 5.91 Å². The highest BCUT2D eigenvalue weighted by Crippen LogP contribution is 2.24. The summed E-state index contributed by atoms with van der Waals surface area (Å²) in [6.45, 7) is 3.89. The summed E-state index contributed by atoms with van der Waals surface area (Å²) in [6, 6.07) is 10.9. The van der Waals surface area contributed by atoms with E-state index < -0.39 is 5.56 Å². The zero-order valence-corrected chi connectivity index (χ0v) is 15.5. The van der Waals surface area contributed by atoms with Crippen LogP contribution in [0.25, 0.3) is 11.3 Å². The molecule has 5 nitrogen and oxygen atoms in total. The van der Waals surface area contributed by atoms with E-state index in [0.717, 1.165) is 19.3 Å². The Kier molecular flexibility index (Phi) is 5.41. The molecule has 1 aromatic carbocycles. The van der Waals surface area contributed by atoms with E-state index in [-0.39, 0.29) is 35.9 Å². The maximum Gasteiger partial charge on any atom is 0.269 e. The highest BCUT2D eigenvalue weighted by Gasteiger charge is 2.29. The Morgan fingerprint density at radius 3 is 2.37 bits per heavy atom. The minimum atomic E-state index is -0.509. The number of piperidine rings is 1. The number of halogens is 1. The van der Waals surface area contributed by atoms with Crippen LogP contribution in [0.5, 0.6) is 0 Å². The highest BCUT2D eigenvalue weighted by atomic mass is 19.1. The van der Waals surface area contributed by atoms with E-state index in [1.807, 2.05) is 24.8 Å². The summed E-state index contributed by atoms with van der Waals surface area (Å²) in [5.74, 6) is -0.524. The van der Waals surface area contributed by atoms with Crippen LogP contribution in [0.2, 0.25) is 0 Å². The first-order chi connectivity index (χ1) is 12.9. The van der Waals surface area contributed by atoms with Gasteiger partial charge in [-0.1, -0.05) is 0 Å². The summed E-state index contributed by atoms with van der Waals surface area (Å²) in [5, 5.41) is 9.20. The van der Waals surface area contributed by atoms with Gasteiger partial charge in [-0.15, -0.1) is 0 Å². The second-order valence-corrected chi connectivity index (χ2v) is 7.07. The monoisotopic (exact) mass is 367 g/mol. The number of rotatable bonds is 3. The Balaban J connectivity index is 2.02. The molecule has 27 heavy (non-hydrogen) atoms. The van der Waals surface area contributed by atoms with E-state index in [1.165, 1.54) is 22.8 Å². The lowest BCUT2D eigenvalue weighted by Gasteiger charge is -2.39. The second kappa shape index (κ2) is 7.75. The van der Waals surface area contributed by atoms with E-state index in [9.17, 15) is 19.2 Å². The van der Waals surface area contributed by atoms with Gasteiger partial charge in [-0.05, 0) is 75.1 Å². The van der Waals surface area contributed by atoms with Crippen LogP contribution in [0.3, 0.4) is 0 Å². The Hall–Kier alpha value is -2.94. The first-order valence-electron chi connectivity index (χ1n) is 9.13. The van der Waals surface area contributed by atoms with Crippen molar-refractivity contribution in [3.63, 3.8) is 0 Å². The third-order valence-corrected chi connectivity index (χ3v) is 5.21. The molecule has 1 saturated heterocycles. The van der Waals surface area contributed by atoms with Crippen molar-refractivity contribution in [2.24, 2.45) is 0 Å². The van der Waals surface area contributed by atoms with E-state index in [4.69, 9.17) is 0 Å². The lowest BCUT2D eigenvalue weighted by Crippen LogP contribution is -2.49. The minimum absolute atomic E-state index is 0.0200. The summed E-state index contributed by atoms with van der Waals surface area (Å²) in [5.41, 5.74) is 0.577. The van der Waals surface area contributed by atoms with E-state index >= 15 is 0 Å². The predicted octanol–water partition coefficient (Wildman–Crippen LogP) is 3.32. The number of hydrogen-bond donors (Lipinski definition) is 0. The normalized spacial score (nSPS) is 19.6. The standard InChI is InChI=1S/C21H22FN3O2/c1-14-4-3-5-15(2)25(14)20(26)13-24-19(11-8-17(12-23)21(24)27)16-6-9-18(22)10-7-16/h6-11,14-15H,3-5,13H2,1-2H3/t14-,15-/m0/s1. The van der Waals surface area contributed by atoms with Crippen LogP contribution < -0.4 is 5.56 Å². The third-order valence-electron chi connectivity index (χ3n) is 5.21. The van der Waals surface area contributed by atoms with Gasteiger partial charge in [0.25, 0.3) is 5.56 Å². The van der Waals surface area contributed by atoms with Crippen molar-refractivity contribution in [1.29, 1.82) is 5.26 Å². The van der Waals surface area contributed by atoms with Crippen LogP contribution >= 0.6 is 0 Å². The maximum absolute atomic E-state index is 13.3. The summed E-state index contributed by atoms with van der Waals surface area (Å²) >= 11 is 0. The summed E-state index contributed by atoms with van der Waals surface area (Å²) in [7, 11) is 0. The van der Waals surface area contributed by atoms with Gasteiger partial charge in [-0.25, -0.2) is 4.39 Å². The number of pyridine rings is 1. The number of aromatic nitrogens is 1. The summed E-state index contributed by atoms with van der Waals surface area (Å²) in [4.78, 5) is 27.6. The van der Waals surface area contributed by atoms with Crippen LogP contribution in [0.15, 0.2) is 41.2 Å². The van der Waals surface area contributed by atoms with Crippen molar-refractivity contribution in [1.82, 2.24) is 9.47 Å². The van der Waals surface area contributed by atoms with Crippen molar-refractivity contribution in [2.75, 3.05) is 0 Å². The maximum atomic E-state index is 13.3. The van der Waals surface area contributed by atoms with Crippen molar-refractivity contribution in [3.05, 3.63) is 58.1 Å². The Morgan fingerprint density at radius 1 is 1.15 bits per heavy atom. The molecule has 0 N–H and O–H groups in total. The lowest BCUT2D eigenvalue weighted by molar-refractivity contribution is -0.137. The average molecular weight is 367 g/mol. The molecule has 1 aliphatic rings. The summed E-state index contributed by atoms with van der Waals surface area (Å²) in [6.07, 6.45) is 2.96. The zero-order chi connectivity index (χ0) is 19.6. The molecule has 2 heterocycles. The van der Waals surface area contributed by atoms with Crippen molar-refractivity contribution in [2.45, 2.75) is 51.7 Å². The number of benzene rings is 1. The van der Waals surface area contributed by atoms with Gasteiger partial charge in [0.15, 0.2) is 0 Å². The molecule has 2 atom stereocenters. The van der Waals surface area contributed by atoms with Gasteiger partial charge in [-0.2, -0.15) is 5.26 Å². The molecule has 140 valence electrons. The number of carbonyl (C=O) groups is 1. The topological polar surface area (TPSA) is 66.1 Å². The SMILES string of the molecule is C[C@H]1CCC[C@H](C)N1C(=O)Cn1c(-c2ccc(F)cc2)ccc(C#N)c1=O. The molecule has 1 aromatic heterocycles. The molecule has 6 heteroatoms. The van der Waals surface area contributed by atoms with Crippen LogP contribution in [0, 0.1) is 17.1 Å². The average Bonchev–Trinajstić information content (AvgIpc) is 2.64. The largest absolute Gasteiger partial charge is 0.336 e. The molecule has 0 radical (unpaired) electrons. The van der Waals surface area contributed by atoms with Crippen LogP contribution in [0.4, 0.5) is 4.39 Å². The van der Waals surface area contributed by atoms with Gasteiger partial charge < -0.3 is 4.90 Å². The molecular weight excluding hydrogens is 345 g/mol. The van der Waals surface area contributed by atoms with Gasteiger partial charge >= 0.3 is 0 Å².